The van der Waals surface area contributed by atoms with E-state index >= 15 is 0 Å². The molecule has 33 heavy (non-hydrogen) atoms. The summed E-state index contributed by atoms with van der Waals surface area (Å²) in [5, 5.41) is 8.43. The fraction of sp³-hybridized carbons (Fsp3) is 0.240. The minimum Gasteiger partial charge on any atom is -0.493 e. The maximum absolute atomic E-state index is 12.1. The first-order valence-electron chi connectivity index (χ1n) is 10.7. The van der Waals surface area contributed by atoms with Crippen molar-refractivity contribution in [2.24, 2.45) is 0 Å². The predicted molar refractivity (Wildman–Crippen MR) is 125 cm³/mol. The molecule has 0 aliphatic heterocycles. The number of carbonyl (C=O) groups excluding carboxylic acids is 1. The van der Waals surface area contributed by atoms with E-state index < -0.39 is 0 Å². The summed E-state index contributed by atoms with van der Waals surface area (Å²) in [5.41, 5.74) is 3.99. The standard InChI is InChI=1S/C25H25N5O3/c1-5-14-32-21-9-7-6-8-19(21)23-28-29-24(33-23)22-16(2)26-15-20(27-22)17-10-12-18(13-11-17)25(31)30(3)4/h6-13,15H,5,14H2,1-4H3. The molecule has 4 aromatic rings. The Hall–Kier alpha value is -4.07. The predicted octanol–water partition coefficient (Wildman–Crippen LogP) is 4.66. The summed E-state index contributed by atoms with van der Waals surface area (Å²) in [6, 6.07) is 14.8. The van der Waals surface area contributed by atoms with Gasteiger partial charge in [0, 0.05) is 25.2 Å². The van der Waals surface area contributed by atoms with Crippen LogP contribution in [-0.4, -0.2) is 51.7 Å². The van der Waals surface area contributed by atoms with Gasteiger partial charge in [0.1, 0.15) is 11.4 Å². The Bertz CT molecular complexity index is 1270. The molecule has 0 saturated heterocycles. The van der Waals surface area contributed by atoms with Crippen molar-refractivity contribution in [3.05, 3.63) is 66.0 Å². The van der Waals surface area contributed by atoms with Crippen molar-refractivity contribution in [2.45, 2.75) is 20.3 Å². The third-order valence-electron chi connectivity index (χ3n) is 5.00. The molecule has 0 atom stereocenters. The second-order valence-electron chi connectivity index (χ2n) is 7.72. The van der Waals surface area contributed by atoms with Crippen molar-refractivity contribution < 1.29 is 13.9 Å². The summed E-state index contributed by atoms with van der Waals surface area (Å²) >= 11 is 0. The van der Waals surface area contributed by atoms with E-state index in [2.05, 4.69) is 22.1 Å². The quantitative estimate of drug-likeness (QED) is 0.410. The van der Waals surface area contributed by atoms with Gasteiger partial charge in [-0.2, -0.15) is 0 Å². The normalized spacial score (nSPS) is 10.8. The second kappa shape index (κ2) is 9.60. The molecule has 1 amide bonds. The molecule has 2 aromatic carbocycles. The first-order valence-corrected chi connectivity index (χ1v) is 10.7. The number of aryl methyl sites for hydroxylation is 1. The number of benzene rings is 2. The number of rotatable bonds is 7. The Morgan fingerprint density at radius 1 is 1.03 bits per heavy atom. The highest BCUT2D eigenvalue weighted by Gasteiger charge is 2.18. The zero-order valence-corrected chi connectivity index (χ0v) is 19.1. The van der Waals surface area contributed by atoms with Crippen LogP contribution in [0.15, 0.2) is 59.1 Å². The maximum Gasteiger partial charge on any atom is 0.268 e. The van der Waals surface area contributed by atoms with Crippen molar-refractivity contribution in [1.29, 1.82) is 0 Å². The van der Waals surface area contributed by atoms with Crippen LogP contribution >= 0.6 is 0 Å². The second-order valence-corrected chi connectivity index (χ2v) is 7.72. The van der Waals surface area contributed by atoms with Gasteiger partial charge < -0.3 is 14.1 Å². The van der Waals surface area contributed by atoms with Gasteiger partial charge in [0.15, 0.2) is 0 Å². The minimum atomic E-state index is -0.0567. The van der Waals surface area contributed by atoms with Crippen LogP contribution in [0.5, 0.6) is 5.75 Å². The molecule has 8 heteroatoms. The fourth-order valence-corrected chi connectivity index (χ4v) is 3.24. The Kier molecular flexibility index (Phi) is 6.44. The van der Waals surface area contributed by atoms with Crippen molar-refractivity contribution in [2.75, 3.05) is 20.7 Å². The number of hydrogen-bond donors (Lipinski definition) is 0. The SMILES string of the molecule is CCCOc1ccccc1-c1nnc(-c2nc(-c3ccc(C(=O)N(C)C)cc3)cnc2C)o1. The zero-order valence-electron chi connectivity index (χ0n) is 19.1. The average molecular weight is 444 g/mol. The number of carbonyl (C=O) groups is 1. The van der Waals surface area contributed by atoms with E-state index in [1.165, 1.54) is 4.90 Å². The summed E-state index contributed by atoms with van der Waals surface area (Å²) in [4.78, 5) is 22.9. The van der Waals surface area contributed by atoms with Crippen LogP contribution in [0, 0.1) is 6.92 Å². The molecule has 0 aliphatic rings. The molecule has 0 fully saturated rings. The number of hydrogen-bond acceptors (Lipinski definition) is 7. The Morgan fingerprint density at radius 3 is 2.48 bits per heavy atom. The molecule has 0 unspecified atom stereocenters. The van der Waals surface area contributed by atoms with Crippen LogP contribution in [-0.2, 0) is 0 Å². The van der Waals surface area contributed by atoms with Gasteiger partial charge in [-0.05, 0) is 37.6 Å². The molecule has 0 N–H and O–H groups in total. The number of para-hydroxylation sites is 1. The maximum atomic E-state index is 12.1. The monoisotopic (exact) mass is 443 g/mol. The fourth-order valence-electron chi connectivity index (χ4n) is 3.24. The largest absolute Gasteiger partial charge is 0.493 e. The third-order valence-corrected chi connectivity index (χ3v) is 5.00. The lowest BCUT2D eigenvalue weighted by atomic mass is 10.1. The van der Waals surface area contributed by atoms with E-state index in [9.17, 15) is 4.79 Å². The highest BCUT2D eigenvalue weighted by molar-refractivity contribution is 5.94. The van der Waals surface area contributed by atoms with Crippen LogP contribution in [0.1, 0.15) is 29.4 Å². The molecule has 4 rings (SSSR count). The van der Waals surface area contributed by atoms with Crippen LogP contribution in [0.25, 0.3) is 34.3 Å². The van der Waals surface area contributed by atoms with Gasteiger partial charge in [-0.25, -0.2) is 4.98 Å². The summed E-state index contributed by atoms with van der Waals surface area (Å²) in [5.74, 6) is 1.27. The van der Waals surface area contributed by atoms with Gasteiger partial charge in [-0.15, -0.1) is 10.2 Å². The van der Waals surface area contributed by atoms with E-state index in [0.717, 1.165) is 17.5 Å². The molecule has 0 radical (unpaired) electrons. The van der Waals surface area contributed by atoms with Gasteiger partial charge in [0.05, 0.1) is 29.8 Å². The number of amides is 1. The van der Waals surface area contributed by atoms with Crippen LogP contribution in [0.2, 0.25) is 0 Å². The van der Waals surface area contributed by atoms with Gasteiger partial charge in [-0.1, -0.05) is 31.2 Å². The highest BCUT2D eigenvalue weighted by atomic mass is 16.5. The summed E-state index contributed by atoms with van der Waals surface area (Å²) in [6.07, 6.45) is 2.59. The number of aromatic nitrogens is 4. The summed E-state index contributed by atoms with van der Waals surface area (Å²) < 4.78 is 11.8. The lowest BCUT2D eigenvalue weighted by molar-refractivity contribution is 0.0827. The first-order chi connectivity index (χ1) is 16.0. The lowest BCUT2D eigenvalue weighted by Gasteiger charge is -2.10. The van der Waals surface area contributed by atoms with E-state index in [1.807, 2.05) is 43.3 Å². The molecular formula is C25H25N5O3. The molecular weight excluding hydrogens is 418 g/mol. The smallest absolute Gasteiger partial charge is 0.268 e. The van der Waals surface area contributed by atoms with Gasteiger partial charge in [-0.3, -0.25) is 9.78 Å². The molecule has 8 nitrogen and oxygen atoms in total. The van der Waals surface area contributed by atoms with Gasteiger partial charge in [0.25, 0.3) is 17.7 Å². The van der Waals surface area contributed by atoms with Crippen molar-refractivity contribution in [1.82, 2.24) is 25.1 Å². The molecule has 2 heterocycles. The summed E-state index contributed by atoms with van der Waals surface area (Å²) in [7, 11) is 3.45. The molecule has 0 aliphatic carbocycles. The minimum absolute atomic E-state index is 0.0567. The topological polar surface area (TPSA) is 94.2 Å². The molecule has 168 valence electrons. The molecule has 0 saturated carbocycles. The van der Waals surface area contributed by atoms with Crippen LogP contribution in [0.3, 0.4) is 0 Å². The van der Waals surface area contributed by atoms with Crippen LogP contribution < -0.4 is 4.74 Å². The summed E-state index contributed by atoms with van der Waals surface area (Å²) in [6.45, 7) is 4.49. The third kappa shape index (κ3) is 4.74. The number of nitrogens with zero attached hydrogens (tertiary/aromatic N) is 5. The number of ether oxygens (including phenoxy) is 1. The first kappa shape index (κ1) is 22.1. The Balaban J connectivity index is 1.65. The average Bonchev–Trinajstić information content (AvgIpc) is 3.32. The van der Waals surface area contributed by atoms with E-state index in [4.69, 9.17) is 14.1 Å². The lowest BCUT2D eigenvalue weighted by Crippen LogP contribution is -2.21. The van der Waals surface area contributed by atoms with E-state index in [1.54, 1.807) is 32.4 Å². The van der Waals surface area contributed by atoms with E-state index in [-0.39, 0.29) is 11.8 Å². The highest BCUT2D eigenvalue weighted by Crippen LogP contribution is 2.31. The Morgan fingerprint density at radius 2 is 1.76 bits per heavy atom. The van der Waals surface area contributed by atoms with E-state index in [0.29, 0.717) is 40.9 Å². The van der Waals surface area contributed by atoms with Crippen molar-refractivity contribution >= 4 is 5.91 Å². The van der Waals surface area contributed by atoms with Gasteiger partial charge >= 0.3 is 0 Å². The molecule has 0 bridgehead atoms. The zero-order chi connectivity index (χ0) is 23.4. The van der Waals surface area contributed by atoms with Gasteiger partial charge in [0.2, 0.25) is 0 Å². The van der Waals surface area contributed by atoms with Crippen molar-refractivity contribution in [3.8, 4) is 40.0 Å². The van der Waals surface area contributed by atoms with Crippen LogP contribution in [0.4, 0.5) is 0 Å². The Labute approximate surface area is 192 Å². The van der Waals surface area contributed by atoms with Crippen molar-refractivity contribution in [3.63, 3.8) is 0 Å². The molecule has 2 aromatic heterocycles. The molecule has 0 spiro atoms.